The van der Waals surface area contributed by atoms with Gasteiger partial charge < -0.3 is 9.52 Å². The van der Waals surface area contributed by atoms with E-state index in [1.165, 1.54) is 6.21 Å². The third-order valence-electron chi connectivity index (χ3n) is 5.64. The predicted octanol–water partition coefficient (Wildman–Crippen LogP) is 7.64. The maximum Gasteiger partial charge on any atom is 0.240 e. The Labute approximate surface area is 217 Å². The first kappa shape index (κ1) is 26.8. The number of rotatable bonds is 6. The smallest absolute Gasteiger partial charge is 0.240 e. The van der Waals surface area contributed by atoms with Crippen LogP contribution in [0.25, 0.3) is 11.3 Å². The van der Waals surface area contributed by atoms with Crippen LogP contribution in [0.1, 0.15) is 70.4 Å². The summed E-state index contributed by atoms with van der Waals surface area (Å²) in [5.74, 6) is 1.24. The zero-order valence-electron chi connectivity index (χ0n) is 21.0. The average molecular weight is 515 g/mol. The van der Waals surface area contributed by atoms with Crippen LogP contribution in [0.5, 0.6) is 5.75 Å². The lowest BCUT2D eigenvalue weighted by molar-refractivity contribution is -0.121. The van der Waals surface area contributed by atoms with Crippen molar-refractivity contribution in [3.63, 3.8) is 0 Å². The summed E-state index contributed by atoms with van der Waals surface area (Å²) in [6.07, 6.45) is 2.26. The number of benzene rings is 2. The van der Waals surface area contributed by atoms with Crippen LogP contribution in [-0.4, -0.2) is 17.2 Å². The third-order valence-corrected chi connectivity index (χ3v) is 6.38. The zero-order valence-corrected chi connectivity index (χ0v) is 22.5. The Morgan fingerprint density at radius 1 is 0.971 bits per heavy atom. The van der Waals surface area contributed by atoms with Gasteiger partial charge in [0.25, 0.3) is 0 Å². The fourth-order valence-electron chi connectivity index (χ4n) is 3.69. The lowest BCUT2D eigenvalue weighted by atomic mass is 9.78. The Balaban J connectivity index is 1.64. The molecular weight excluding hydrogens is 483 g/mol. The normalized spacial score (nSPS) is 12.3. The molecule has 0 spiro atoms. The highest BCUT2D eigenvalue weighted by atomic mass is 35.5. The minimum atomic E-state index is -0.216. The van der Waals surface area contributed by atoms with E-state index in [-0.39, 0.29) is 23.2 Å². The Bertz CT molecular complexity index is 1210. The summed E-state index contributed by atoms with van der Waals surface area (Å²) in [5.41, 5.74) is 5.69. The van der Waals surface area contributed by atoms with Gasteiger partial charge in [-0.1, -0.05) is 76.9 Å². The van der Waals surface area contributed by atoms with Gasteiger partial charge in [-0.15, -0.1) is 0 Å². The summed E-state index contributed by atoms with van der Waals surface area (Å²) in [6, 6.07) is 12.8. The summed E-state index contributed by atoms with van der Waals surface area (Å²) in [5, 5.41) is 15.8. The van der Waals surface area contributed by atoms with Crippen molar-refractivity contribution in [3.8, 4) is 17.1 Å². The van der Waals surface area contributed by atoms with Crippen molar-refractivity contribution in [2.45, 2.75) is 65.2 Å². The largest absolute Gasteiger partial charge is 0.507 e. The van der Waals surface area contributed by atoms with Crippen LogP contribution in [0.3, 0.4) is 0 Å². The molecule has 0 bridgehead atoms. The molecule has 0 saturated heterocycles. The minimum Gasteiger partial charge on any atom is -0.507 e. The number of nitrogens with one attached hydrogen (secondary N) is 1. The van der Waals surface area contributed by atoms with Gasteiger partial charge in [-0.25, -0.2) is 5.43 Å². The number of aryl methyl sites for hydroxylation is 1. The van der Waals surface area contributed by atoms with Crippen molar-refractivity contribution in [2.75, 3.05) is 0 Å². The Morgan fingerprint density at radius 3 is 2.17 bits per heavy atom. The van der Waals surface area contributed by atoms with Gasteiger partial charge in [-0.3, -0.25) is 4.79 Å². The Morgan fingerprint density at radius 2 is 1.60 bits per heavy atom. The first-order valence-corrected chi connectivity index (χ1v) is 12.3. The van der Waals surface area contributed by atoms with Gasteiger partial charge in [0.15, 0.2) is 0 Å². The highest BCUT2D eigenvalue weighted by molar-refractivity contribution is 6.42. The Kier molecular flexibility index (Phi) is 8.03. The molecule has 35 heavy (non-hydrogen) atoms. The molecule has 186 valence electrons. The van der Waals surface area contributed by atoms with E-state index in [1.807, 2.05) is 18.2 Å². The lowest BCUT2D eigenvalue weighted by Crippen LogP contribution is -2.20. The summed E-state index contributed by atoms with van der Waals surface area (Å²) < 4.78 is 5.75. The van der Waals surface area contributed by atoms with Crippen molar-refractivity contribution in [1.29, 1.82) is 0 Å². The number of carbonyl (C=O) groups is 1. The van der Waals surface area contributed by atoms with E-state index in [1.54, 1.807) is 24.3 Å². The SMILES string of the molecule is CC(C)(C)c1cc(CCC(=O)N/N=C/c2ccc(-c3ccc(Cl)c(Cl)c3)o2)cc(C(C)(C)C)c1O. The van der Waals surface area contributed by atoms with Crippen LogP contribution >= 0.6 is 23.2 Å². The van der Waals surface area contributed by atoms with Crippen molar-refractivity contribution < 1.29 is 14.3 Å². The standard InChI is InChI=1S/C28H32Cl2N2O3/c1-27(2,3)20-13-17(14-21(26(20)34)28(4,5)6)7-12-25(33)32-31-16-19-9-11-24(35-19)18-8-10-22(29)23(30)15-18/h8-11,13-16,34H,7,12H2,1-6H3,(H,32,33)/b31-16+. The van der Waals surface area contributed by atoms with Gasteiger partial charge in [-0.05, 0) is 64.3 Å². The molecule has 7 heteroatoms. The fraction of sp³-hybridized carbons (Fsp3) is 0.357. The second-order valence-electron chi connectivity index (χ2n) is 10.7. The maximum atomic E-state index is 12.4. The topological polar surface area (TPSA) is 74.8 Å². The lowest BCUT2D eigenvalue weighted by Gasteiger charge is -2.28. The maximum absolute atomic E-state index is 12.4. The van der Waals surface area contributed by atoms with E-state index < -0.39 is 0 Å². The van der Waals surface area contributed by atoms with E-state index in [2.05, 4.69) is 52.1 Å². The van der Waals surface area contributed by atoms with Crippen molar-refractivity contribution in [1.82, 2.24) is 5.43 Å². The molecule has 0 atom stereocenters. The molecule has 2 aromatic carbocycles. The van der Waals surface area contributed by atoms with Gasteiger partial charge in [0.1, 0.15) is 17.3 Å². The molecule has 0 aliphatic heterocycles. The zero-order chi connectivity index (χ0) is 26.0. The number of hydrogen-bond acceptors (Lipinski definition) is 4. The molecule has 0 aliphatic carbocycles. The number of aromatic hydroxyl groups is 1. The van der Waals surface area contributed by atoms with Crippen LogP contribution in [0, 0.1) is 0 Å². The van der Waals surface area contributed by atoms with Crippen LogP contribution in [0.4, 0.5) is 0 Å². The molecule has 0 saturated carbocycles. The first-order valence-electron chi connectivity index (χ1n) is 11.5. The number of phenolic OH excluding ortho intramolecular Hbond substituents is 1. The van der Waals surface area contributed by atoms with Gasteiger partial charge in [0.05, 0.1) is 16.3 Å². The third kappa shape index (κ3) is 6.89. The fourth-order valence-corrected chi connectivity index (χ4v) is 3.99. The summed E-state index contributed by atoms with van der Waals surface area (Å²) >= 11 is 12.0. The van der Waals surface area contributed by atoms with E-state index in [0.717, 1.165) is 22.3 Å². The number of hydrazone groups is 1. The van der Waals surface area contributed by atoms with Crippen LogP contribution in [0.15, 0.2) is 52.0 Å². The predicted molar refractivity (Wildman–Crippen MR) is 144 cm³/mol. The molecule has 1 amide bonds. The molecule has 3 aromatic rings. The van der Waals surface area contributed by atoms with E-state index in [9.17, 15) is 9.90 Å². The van der Waals surface area contributed by atoms with Gasteiger partial charge in [-0.2, -0.15) is 5.10 Å². The molecule has 5 nitrogen and oxygen atoms in total. The number of halogens is 2. The second kappa shape index (κ2) is 10.5. The molecule has 0 aliphatic rings. The molecule has 3 rings (SSSR count). The van der Waals surface area contributed by atoms with Crippen molar-refractivity contribution in [3.05, 3.63) is 75.0 Å². The molecular formula is C28H32Cl2N2O3. The summed E-state index contributed by atoms with van der Waals surface area (Å²) in [4.78, 5) is 12.4. The van der Waals surface area contributed by atoms with Crippen molar-refractivity contribution >= 4 is 35.3 Å². The minimum absolute atomic E-state index is 0.208. The number of phenols is 1. The summed E-state index contributed by atoms with van der Waals surface area (Å²) in [7, 11) is 0. The molecule has 1 aromatic heterocycles. The van der Waals surface area contributed by atoms with Gasteiger partial charge in [0.2, 0.25) is 5.91 Å². The molecule has 1 heterocycles. The molecule has 2 N–H and O–H groups in total. The number of furan rings is 1. The highest BCUT2D eigenvalue weighted by Crippen LogP contribution is 2.40. The molecule has 0 radical (unpaired) electrons. The van der Waals surface area contributed by atoms with E-state index in [0.29, 0.717) is 33.7 Å². The number of hydrogen-bond donors (Lipinski definition) is 2. The Hall–Kier alpha value is -2.76. The van der Waals surface area contributed by atoms with Crippen LogP contribution in [-0.2, 0) is 22.0 Å². The molecule has 0 fully saturated rings. The van der Waals surface area contributed by atoms with Gasteiger partial charge >= 0.3 is 0 Å². The first-order chi connectivity index (χ1) is 16.3. The highest BCUT2D eigenvalue weighted by Gasteiger charge is 2.26. The van der Waals surface area contributed by atoms with Crippen LogP contribution < -0.4 is 5.43 Å². The quantitative estimate of drug-likeness (QED) is 0.262. The van der Waals surface area contributed by atoms with Gasteiger partial charge in [0, 0.05) is 12.0 Å². The second-order valence-corrected chi connectivity index (χ2v) is 11.5. The summed E-state index contributed by atoms with van der Waals surface area (Å²) in [6.45, 7) is 12.4. The van der Waals surface area contributed by atoms with E-state index >= 15 is 0 Å². The van der Waals surface area contributed by atoms with Crippen molar-refractivity contribution in [2.24, 2.45) is 5.10 Å². The van der Waals surface area contributed by atoms with E-state index in [4.69, 9.17) is 27.6 Å². The number of nitrogens with zero attached hydrogens (tertiary/aromatic N) is 1. The molecule has 0 unspecified atom stereocenters. The monoisotopic (exact) mass is 514 g/mol. The number of carbonyl (C=O) groups excluding carboxylic acids is 1. The van der Waals surface area contributed by atoms with Crippen LogP contribution in [0.2, 0.25) is 10.0 Å². The number of amides is 1. The average Bonchev–Trinajstić information content (AvgIpc) is 3.22.